The highest BCUT2D eigenvalue weighted by molar-refractivity contribution is 5.71. The molecule has 0 amide bonds. The highest BCUT2D eigenvalue weighted by atomic mass is 16.7. The van der Waals surface area contributed by atoms with Crippen molar-refractivity contribution in [3.63, 3.8) is 0 Å². The summed E-state index contributed by atoms with van der Waals surface area (Å²) in [5, 5.41) is 9.63. The van der Waals surface area contributed by atoms with Crippen molar-refractivity contribution >= 4 is 17.9 Å². The largest absolute Gasteiger partial charge is 0.477 e. The van der Waals surface area contributed by atoms with E-state index in [1.807, 2.05) is 21.1 Å². The number of rotatable bonds is 42. The van der Waals surface area contributed by atoms with Crippen molar-refractivity contribution in [2.75, 3.05) is 47.5 Å². The molecule has 2 atom stereocenters. The van der Waals surface area contributed by atoms with E-state index in [2.05, 4.69) is 50.3 Å². The third-order valence-corrected chi connectivity index (χ3v) is 9.90. The number of hydrogen-bond acceptors (Lipinski definition) is 7. The van der Waals surface area contributed by atoms with Crippen LogP contribution in [0.3, 0.4) is 0 Å². The molecule has 0 aliphatic carbocycles. The molecule has 0 aliphatic rings. The number of unbranched alkanes of at least 4 members (excludes halogenated alkanes) is 21. The Kier molecular flexibility index (Phi) is 38.5. The maximum Gasteiger partial charge on any atom is 0.361 e. The summed E-state index contributed by atoms with van der Waals surface area (Å²) >= 11 is 0. The molecule has 2 unspecified atom stereocenters. The molecule has 0 fully saturated rings. The van der Waals surface area contributed by atoms with Gasteiger partial charge in [-0.05, 0) is 51.4 Å². The summed E-state index contributed by atoms with van der Waals surface area (Å²) in [4.78, 5) is 37.1. The van der Waals surface area contributed by atoms with Gasteiger partial charge < -0.3 is 28.5 Å². The van der Waals surface area contributed by atoms with Gasteiger partial charge in [0.25, 0.3) is 6.29 Å². The average molecular weight is 807 g/mol. The van der Waals surface area contributed by atoms with Crippen molar-refractivity contribution in [3.05, 3.63) is 36.5 Å². The summed E-state index contributed by atoms with van der Waals surface area (Å²) < 4.78 is 22.7. The molecule has 0 bridgehead atoms. The number of carbonyl (C=O) groups is 3. The summed E-state index contributed by atoms with van der Waals surface area (Å²) in [6.45, 7) is 4.83. The van der Waals surface area contributed by atoms with E-state index in [-0.39, 0.29) is 32.2 Å². The molecule has 9 nitrogen and oxygen atoms in total. The van der Waals surface area contributed by atoms with E-state index in [0.717, 1.165) is 57.8 Å². The number of aliphatic carboxylic acids is 1. The molecule has 0 rings (SSSR count). The van der Waals surface area contributed by atoms with Gasteiger partial charge in [-0.25, -0.2) is 4.79 Å². The van der Waals surface area contributed by atoms with Crippen LogP contribution >= 0.6 is 0 Å². The number of carboxylic acids is 1. The van der Waals surface area contributed by atoms with E-state index in [9.17, 15) is 19.5 Å². The number of esters is 2. The number of quaternary nitrogens is 1. The van der Waals surface area contributed by atoms with E-state index in [0.29, 0.717) is 23.9 Å². The molecule has 0 aromatic rings. The second kappa shape index (κ2) is 40.3. The third-order valence-electron chi connectivity index (χ3n) is 9.90. The van der Waals surface area contributed by atoms with Crippen molar-refractivity contribution in [2.24, 2.45) is 0 Å². The Labute approximate surface area is 350 Å². The summed E-state index contributed by atoms with van der Waals surface area (Å²) in [7, 11) is 5.95. The lowest BCUT2D eigenvalue weighted by molar-refractivity contribution is -0.870. The zero-order chi connectivity index (χ0) is 42.1. The Morgan fingerprint density at radius 3 is 1.40 bits per heavy atom. The minimum absolute atomic E-state index is 0.185. The zero-order valence-electron chi connectivity index (χ0n) is 37.5. The molecule has 1 N–H and O–H groups in total. The Balaban J connectivity index is 4.40. The smallest absolute Gasteiger partial charge is 0.361 e. The van der Waals surface area contributed by atoms with Crippen LogP contribution in [0, 0.1) is 0 Å². The van der Waals surface area contributed by atoms with E-state index in [1.54, 1.807) is 0 Å². The van der Waals surface area contributed by atoms with Crippen LogP contribution in [0.25, 0.3) is 0 Å². The van der Waals surface area contributed by atoms with E-state index >= 15 is 0 Å². The van der Waals surface area contributed by atoms with Crippen LogP contribution in [-0.2, 0) is 33.3 Å². The molecule has 0 radical (unpaired) electrons. The standard InChI is InChI=1S/C48H87NO8/c1-6-8-10-12-14-16-18-19-20-21-22-23-24-25-26-27-29-31-33-35-37-39-46(51)57-44(43-56-48(47(52)53)54-41-40-49(3,4)5)42-55-45(50)38-36-34-32-30-28-17-15-13-11-9-7-2/h18-19,21-22,24-25,44,48H,6-17,20,23,26-43H2,1-5H3/p+1/b19-18-,22-21-,25-24-. The minimum atomic E-state index is -1.51. The number of hydrogen-bond donors (Lipinski definition) is 1. The Morgan fingerprint density at radius 1 is 0.526 bits per heavy atom. The lowest BCUT2D eigenvalue weighted by Crippen LogP contribution is -2.40. The summed E-state index contributed by atoms with van der Waals surface area (Å²) in [6, 6.07) is 0. The highest BCUT2D eigenvalue weighted by Crippen LogP contribution is 2.14. The van der Waals surface area contributed by atoms with E-state index in [4.69, 9.17) is 18.9 Å². The maximum absolute atomic E-state index is 12.8. The van der Waals surface area contributed by atoms with Gasteiger partial charge in [0, 0.05) is 12.8 Å². The molecule has 9 heteroatoms. The third kappa shape index (κ3) is 41.5. The van der Waals surface area contributed by atoms with Gasteiger partial charge in [0.1, 0.15) is 13.2 Å². The second-order valence-electron chi connectivity index (χ2n) is 16.7. The lowest BCUT2D eigenvalue weighted by Gasteiger charge is -2.25. The maximum atomic E-state index is 12.8. The number of ether oxygens (including phenoxy) is 4. The predicted octanol–water partition coefficient (Wildman–Crippen LogP) is 12.2. The van der Waals surface area contributed by atoms with Gasteiger partial charge in [0.05, 0.1) is 34.4 Å². The monoisotopic (exact) mass is 807 g/mol. The normalized spacial score (nSPS) is 13.2. The van der Waals surface area contributed by atoms with Crippen LogP contribution in [-0.4, -0.2) is 87.4 Å². The van der Waals surface area contributed by atoms with E-state index in [1.165, 1.54) is 103 Å². The number of allylic oxidation sites excluding steroid dienone is 6. The average Bonchev–Trinajstić information content (AvgIpc) is 3.17. The van der Waals surface area contributed by atoms with Crippen LogP contribution in [0.2, 0.25) is 0 Å². The van der Waals surface area contributed by atoms with Crippen molar-refractivity contribution < 1.29 is 42.9 Å². The number of nitrogens with zero attached hydrogens (tertiary/aromatic N) is 1. The quantitative estimate of drug-likeness (QED) is 0.0214. The fourth-order valence-corrected chi connectivity index (χ4v) is 6.25. The van der Waals surface area contributed by atoms with Crippen LogP contribution in [0.1, 0.15) is 194 Å². The van der Waals surface area contributed by atoms with Crippen molar-refractivity contribution in [2.45, 2.75) is 206 Å². The fourth-order valence-electron chi connectivity index (χ4n) is 6.25. The molecule has 57 heavy (non-hydrogen) atoms. The van der Waals surface area contributed by atoms with Crippen molar-refractivity contribution in [1.29, 1.82) is 0 Å². The van der Waals surface area contributed by atoms with Crippen molar-refractivity contribution in [1.82, 2.24) is 0 Å². The highest BCUT2D eigenvalue weighted by Gasteiger charge is 2.25. The molecule has 0 heterocycles. The minimum Gasteiger partial charge on any atom is -0.477 e. The number of carboxylic acid groups (broad SMARTS) is 1. The first-order chi connectivity index (χ1) is 27.6. The van der Waals surface area contributed by atoms with Crippen LogP contribution in [0.4, 0.5) is 0 Å². The summed E-state index contributed by atoms with van der Waals surface area (Å²) in [5.41, 5.74) is 0. The first kappa shape index (κ1) is 54.5. The fraction of sp³-hybridized carbons (Fsp3) is 0.812. The van der Waals surface area contributed by atoms with Crippen LogP contribution < -0.4 is 0 Å². The van der Waals surface area contributed by atoms with Gasteiger partial charge in [-0.3, -0.25) is 9.59 Å². The number of likely N-dealkylation sites (N-methyl/N-ethyl adjacent to an activating group) is 1. The molecule has 0 aromatic heterocycles. The van der Waals surface area contributed by atoms with Gasteiger partial charge in [-0.2, -0.15) is 0 Å². The molecular formula is C48H88NO8+. The number of carbonyl (C=O) groups excluding carboxylic acids is 2. The molecule has 0 spiro atoms. The second-order valence-corrected chi connectivity index (χ2v) is 16.7. The molecule has 0 saturated heterocycles. The molecule has 0 saturated carbocycles. The molecule has 332 valence electrons. The molecule has 0 aromatic carbocycles. The predicted molar refractivity (Wildman–Crippen MR) is 235 cm³/mol. The first-order valence-electron chi connectivity index (χ1n) is 23.2. The van der Waals surface area contributed by atoms with Gasteiger partial charge in [0.2, 0.25) is 0 Å². The molecule has 0 aliphatic heterocycles. The first-order valence-corrected chi connectivity index (χ1v) is 23.2. The van der Waals surface area contributed by atoms with Gasteiger partial charge >= 0.3 is 17.9 Å². The van der Waals surface area contributed by atoms with Gasteiger partial charge in [-0.15, -0.1) is 0 Å². The summed E-state index contributed by atoms with van der Waals surface area (Å²) in [5.74, 6) is -2.02. The Bertz CT molecular complexity index is 1030. The zero-order valence-corrected chi connectivity index (χ0v) is 37.5. The van der Waals surface area contributed by atoms with Crippen LogP contribution in [0.5, 0.6) is 0 Å². The molecular weight excluding hydrogens is 719 g/mol. The SMILES string of the molecule is CCCCCCC/C=C\C/C=C\C/C=C\CCCCCCCCC(=O)OC(COC(=O)CCCCCCCCCCCCC)COC(OCC[N+](C)(C)C)C(=O)O. The van der Waals surface area contributed by atoms with Gasteiger partial charge in [-0.1, -0.05) is 166 Å². The van der Waals surface area contributed by atoms with Crippen LogP contribution in [0.15, 0.2) is 36.5 Å². The van der Waals surface area contributed by atoms with E-state index < -0.39 is 24.3 Å². The van der Waals surface area contributed by atoms with Gasteiger partial charge in [0.15, 0.2) is 6.10 Å². The Hall–Kier alpha value is -2.49. The van der Waals surface area contributed by atoms with Crippen molar-refractivity contribution in [3.8, 4) is 0 Å². The Morgan fingerprint density at radius 2 is 0.947 bits per heavy atom. The summed E-state index contributed by atoms with van der Waals surface area (Å²) in [6.07, 6.45) is 42.0. The lowest BCUT2D eigenvalue weighted by atomic mass is 10.1. The topological polar surface area (TPSA) is 108 Å².